The molecule has 0 aliphatic rings. The van der Waals surface area contributed by atoms with Crippen molar-refractivity contribution in [1.29, 1.82) is 5.26 Å². The molecule has 0 bridgehead atoms. The second-order valence-corrected chi connectivity index (χ2v) is 4.86. The van der Waals surface area contributed by atoms with E-state index in [0.29, 0.717) is 11.3 Å². The van der Waals surface area contributed by atoms with Crippen LogP contribution in [0, 0.1) is 17.1 Å². The van der Waals surface area contributed by atoms with Crippen molar-refractivity contribution in [2.24, 2.45) is 0 Å². The molecule has 118 valence electrons. The first-order chi connectivity index (χ1) is 11.7. The molecule has 0 fully saturated rings. The summed E-state index contributed by atoms with van der Waals surface area (Å²) in [7, 11) is 0. The number of hydrogen-bond donors (Lipinski definition) is 1. The highest BCUT2D eigenvalue weighted by atomic mass is 19.1. The highest BCUT2D eigenvalue weighted by Gasteiger charge is 2.18. The molecule has 2 aromatic carbocycles. The van der Waals surface area contributed by atoms with Gasteiger partial charge in [0, 0.05) is 11.1 Å². The van der Waals surface area contributed by atoms with E-state index in [1.807, 2.05) is 6.07 Å². The largest absolute Gasteiger partial charge is 0.332 e. The van der Waals surface area contributed by atoms with Gasteiger partial charge in [0.2, 0.25) is 0 Å². The smallest absolute Gasteiger partial charge is 0.252 e. The van der Waals surface area contributed by atoms with Crippen LogP contribution < -0.4 is 5.32 Å². The van der Waals surface area contributed by atoms with Crippen LogP contribution in [0.25, 0.3) is 5.69 Å². The summed E-state index contributed by atoms with van der Waals surface area (Å²) in [5.41, 5.74) is 1.14. The number of nitriles is 1. The number of carbonyl (C=O) groups is 1. The molecule has 1 aromatic heterocycles. The first-order valence-corrected chi connectivity index (χ1v) is 6.97. The van der Waals surface area contributed by atoms with Gasteiger partial charge in [-0.25, -0.2) is 9.07 Å². The Morgan fingerprint density at radius 1 is 1.21 bits per heavy atom. The van der Waals surface area contributed by atoms with E-state index in [9.17, 15) is 14.4 Å². The number of aromatic nitrogens is 4. The molecule has 1 unspecified atom stereocenters. The highest BCUT2D eigenvalue weighted by Crippen LogP contribution is 2.17. The van der Waals surface area contributed by atoms with E-state index in [2.05, 4.69) is 20.8 Å². The van der Waals surface area contributed by atoms with Crippen LogP contribution in [0.15, 0.2) is 54.9 Å². The van der Waals surface area contributed by atoms with Crippen LogP contribution in [-0.2, 0) is 0 Å². The van der Waals surface area contributed by atoms with Crippen LogP contribution in [0.4, 0.5) is 4.39 Å². The quantitative estimate of drug-likeness (QED) is 0.790. The Bertz CT molecular complexity index is 886. The van der Waals surface area contributed by atoms with Gasteiger partial charge in [0.15, 0.2) is 0 Å². The van der Waals surface area contributed by atoms with Crippen molar-refractivity contribution in [2.45, 2.75) is 6.04 Å². The van der Waals surface area contributed by atoms with E-state index in [1.54, 1.807) is 30.3 Å². The fourth-order valence-corrected chi connectivity index (χ4v) is 2.15. The second-order valence-electron chi connectivity index (χ2n) is 4.86. The SMILES string of the molecule is N#CC(NC(=O)c1ccc(-n2cnnn2)cc1)c1ccccc1F. The molecule has 1 atom stereocenters. The minimum atomic E-state index is -1.07. The number of rotatable bonds is 4. The lowest BCUT2D eigenvalue weighted by Crippen LogP contribution is -2.28. The fourth-order valence-electron chi connectivity index (χ4n) is 2.15. The molecule has 0 saturated carbocycles. The molecule has 0 saturated heterocycles. The molecule has 7 nitrogen and oxygen atoms in total. The zero-order valence-corrected chi connectivity index (χ0v) is 12.3. The Hall–Kier alpha value is -3.60. The maximum Gasteiger partial charge on any atom is 0.252 e. The van der Waals surface area contributed by atoms with Crippen molar-refractivity contribution < 1.29 is 9.18 Å². The van der Waals surface area contributed by atoms with Crippen molar-refractivity contribution >= 4 is 5.91 Å². The Kier molecular flexibility index (Phi) is 4.25. The van der Waals surface area contributed by atoms with Crippen LogP contribution in [-0.4, -0.2) is 26.1 Å². The number of benzene rings is 2. The average Bonchev–Trinajstić information content (AvgIpc) is 3.15. The molecule has 0 spiro atoms. The minimum Gasteiger partial charge on any atom is -0.332 e. The van der Waals surface area contributed by atoms with Gasteiger partial charge in [-0.3, -0.25) is 4.79 Å². The molecule has 0 radical (unpaired) electrons. The Balaban J connectivity index is 1.77. The third-order valence-electron chi connectivity index (χ3n) is 3.36. The van der Waals surface area contributed by atoms with E-state index < -0.39 is 17.8 Å². The monoisotopic (exact) mass is 322 g/mol. The molecule has 1 heterocycles. The van der Waals surface area contributed by atoms with Crippen molar-refractivity contribution in [1.82, 2.24) is 25.5 Å². The van der Waals surface area contributed by atoms with Gasteiger partial charge in [0.05, 0.1) is 11.8 Å². The van der Waals surface area contributed by atoms with E-state index in [1.165, 1.54) is 29.2 Å². The number of halogens is 1. The topological polar surface area (TPSA) is 96.5 Å². The summed E-state index contributed by atoms with van der Waals surface area (Å²) < 4.78 is 15.2. The van der Waals surface area contributed by atoms with Gasteiger partial charge in [0.1, 0.15) is 18.2 Å². The third kappa shape index (κ3) is 3.10. The standard InChI is InChI=1S/C16H11FN6O/c17-14-4-2-1-3-13(14)15(9-18)20-16(24)11-5-7-12(8-6-11)23-10-19-21-22-23/h1-8,10,15H,(H,20,24). The first-order valence-electron chi connectivity index (χ1n) is 6.97. The predicted molar refractivity (Wildman–Crippen MR) is 81.4 cm³/mol. The summed E-state index contributed by atoms with van der Waals surface area (Å²) in [4.78, 5) is 12.3. The number of carbonyl (C=O) groups excluding carboxylic acids is 1. The van der Waals surface area contributed by atoms with Crippen molar-refractivity contribution in [2.75, 3.05) is 0 Å². The Morgan fingerprint density at radius 3 is 2.58 bits per heavy atom. The predicted octanol–water partition coefficient (Wildman–Crippen LogP) is 1.80. The van der Waals surface area contributed by atoms with Crippen LogP contribution in [0.2, 0.25) is 0 Å². The Labute approximate surface area is 136 Å². The van der Waals surface area contributed by atoms with Crippen LogP contribution >= 0.6 is 0 Å². The number of amides is 1. The lowest BCUT2D eigenvalue weighted by molar-refractivity contribution is 0.0944. The maximum absolute atomic E-state index is 13.8. The number of nitrogens with one attached hydrogen (secondary N) is 1. The van der Waals surface area contributed by atoms with Crippen LogP contribution in [0.3, 0.4) is 0 Å². The molecule has 0 aliphatic heterocycles. The lowest BCUT2D eigenvalue weighted by atomic mass is 10.1. The zero-order chi connectivity index (χ0) is 16.9. The third-order valence-corrected chi connectivity index (χ3v) is 3.36. The lowest BCUT2D eigenvalue weighted by Gasteiger charge is -2.13. The fraction of sp³-hybridized carbons (Fsp3) is 0.0625. The summed E-state index contributed by atoms with van der Waals surface area (Å²) in [6.07, 6.45) is 1.43. The van der Waals surface area contributed by atoms with Crippen molar-refractivity contribution in [3.8, 4) is 11.8 Å². The van der Waals surface area contributed by atoms with Gasteiger partial charge >= 0.3 is 0 Å². The zero-order valence-electron chi connectivity index (χ0n) is 12.3. The van der Waals surface area contributed by atoms with Gasteiger partial charge in [-0.05, 0) is 40.8 Å². The summed E-state index contributed by atoms with van der Waals surface area (Å²) >= 11 is 0. The number of hydrogen-bond acceptors (Lipinski definition) is 5. The molecule has 0 aliphatic carbocycles. The molecule has 3 rings (SSSR count). The van der Waals surface area contributed by atoms with Gasteiger partial charge in [-0.1, -0.05) is 18.2 Å². The molecule has 8 heteroatoms. The number of nitrogens with zero attached hydrogens (tertiary/aromatic N) is 5. The van der Waals surface area contributed by atoms with Crippen molar-refractivity contribution in [3.05, 3.63) is 71.8 Å². The molecule has 24 heavy (non-hydrogen) atoms. The van der Waals surface area contributed by atoms with E-state index >= 15 is 0 Å². The maximum atomic E-state index is 13.8. The van der Waals surface area contributed by atoms with Crippen molar-refractivity contribution in [3.63, 3.8) is 0 Å². The molecular formula is C16H11FN6O. The molecular weight excluding hydrogens is 311 g/mol. The number of tetrazole rings is 1. The second kappa shape index (κ2) is 6.66. The minimum absolute atomic E-state index is 0.124. The van der Waals surface area contributed by atoms with E-state index in [-0.39, 0.29) is 5.56 Å². The summed E-state index contributed by atoms with van der Waals surface area (Å²) in [5.74, 6) is -1.02. The molecule has 1 N–H and O–H groups in total. The Morgan fingerprint density at radius 2 is 1.96 bits per heavy atom. The van der Waals surface area contributed by atoms with Crippen LogP contribution in [0.1, 0.15) is 22.0 Å². The average molecular weight is 322 g/mol. The highest BCUT2D eigenvalue weighted by molar-refractivity contribution is 5.94. The summed E-state index contributed by atoms with van der Waals surface area (Å²) in [5, 5.41) is 22.5. The first kappa shape index (κ1) is 15.3. The van der Waals surface area contributed by atoms with E-state index in [4.69, 9.17) is 0 Å². The van der Waals surface area contributed by atoms with Crippen LogP contribution in [0.5, 0.6) is 0 Å². The van der Waals surface area contributed by atoms with Gasteiger partial charge in [-0.2, -0.15) is 5.26 Å². The summed E-state index contributed by atoms with van der Waals surface area (Å²) in [6, 6.07) is 13.1. The van der Waals surface area contributed by atoms with Gasteiger partial charge < -0.3 is 5.32 Å². The van der Waals surface area contributed by atoms with E-state index in [0.717, 1.165) is 0 Å². The van der Waals surface area contributed by atoms with Gasteiger partial charge in [0.25, 0.3) is 5.91 Å². The normalized spacial score (nSPS) is 11.5. The van der Waals surface area contributed by atoms with Gasteiger partial charge in [-0.15, -0.1) is 5.10 Å². The molecule has 3 aromatic rings. The summed E-state index contributed by atoms with van der Waals surface area (Å²) in [6.45, 7) is 0. The molecule has 1 amide bonds.